The van der Waals surface area contributed by atoms with Gasteiger partial charge in [0.1, 0.15) is 0 Å². The predicted octanol–water partition coefficient (Wildman–Crippen LogP) is 4.06. The molecule has 0 bridgehead atoms. The molecule has 3 rings (SSSR count). The summed E-state index contributed by atoms with van der Waals surface area (Å²) in [6.45, 7) is 2.02. The van der Waals surface area contributed by atoms with Crippen LogP contribution >= 0.6 is 0 Å². The van der Waals surface area contributed by atoms with Gasteiger partial charge < -0.3 is 15.1 Å². The van der Waals surface area contributed by atoms with Crippen LogP contribution in [0.15, 0.2) is 71.3 Å². The maximum atomic E-state index is 12.6. The molecular weight excluding hydrogens is 382 g/mol. The average molecular weight is 401 g/mol. The van der Waals surface area contributed by atoms with E-state index in [1.54, 1.807) is 24.3 Å². The standard InChI is InChI=1S/C23H19N3O4/c1-2-15-5-9-17(10-6-15)25-22(28)19(14-24)21(27)16-7-11-18(12-8-16)26-23(29)20-4-3-13-30-20/h3-13,19H,2H2,1H3,(H,25,28)(H,26,29). The number of rotatable bonds is 7. The Morgan fingerprint density at radius 1 is 0.967 bits per heavy atom. The third kappa shape index (κ3) is 4.80. The van der Waals surface area contributed by atoms with Crippen molar-refractivity contribution in [3.8, 4) is 6.07 Å². The quantitative estimate of drug-likeness (QED) is 0.458. The van der Waals surface area contributed by atoms with Crippen molar-refractivity contribution in [2.75, 3.05) is 10.6 Å². The summed E-state index contributed by atoms with van der Waals surface area (Å²) < 4.78 is 5.02. The van der Waals surface area contributed by atoms with Crippen LogP contribution < -0.4 is 10.6 Å². The molecule has 150 valence electrons. The SMILES string of the molecule is CCc1ccc(NC(=O)C(C#N)C(=O)c2ccc(NC(=O)c3ccco3)cc2)cc1. The number of benzene rings is 2. The average Bonchev–Trinajstić information content (AvgIpc) is 3.30. The highest BCUT2D eigenvalue weighted by molar-refractivity contribution is 6.15. The van der Waals surface area contributed by atoms with Crippen molar-refractivity contribution in [3.63, 3.8) is 0 Å². The summed E-state index contributed by atoms with van der Waals surface area (Å²) >= 11 is 0. The molecule has 2 amide bonds. The number of Topliss-reactive ketones (excluding diaryl/α,β-unsaturated/α-hetero) is 1. The van der Waals surface area contributed by atoms with E-state index in [1.807, 2.05) is 19.1 Å². The van der Waals surface area contributed by atoms with Crippen molar-refractivity contribution < 1.29 is 18.8 Å². The van der Waals surface area contributed by atoms with E-state index in [9.17, 15) is 19.6 Å². The molecule has 0 fully saturated rings. The first-order valence-corrected chi connectivity index (χ1v) is 9.30. The summed E-state index contributed by atoms with van der Waals surface area (Å²) in [6, 6.07) is 18.0. The number of carbonyl (C=O) groups excluding carboxylic acids is 3. The lowest BCUT2D eigenvalue weighted by molar-refractivity contribution is -0.117. The molecule has 0 aliphatic heterocycles. The number of ketones is 1. The fourth-order valence-corrected chi connectivity index (χ4v) is 2.76. The Morgan fingerprint density at radius 2 is 1.60 bits per heavy atom. The molecule has 0 spiro atoms. The molecule has 3 aromatic rings. The van der Waals surface area contributed by atoms with Crippen LogP contribution in [0.1, 0.15) is 33.4 Å². The van der Waals surface area contributed by atoms with Gasteiger partial charge in [0.2, 0.25) is 5.91 Å². The smallest absolute Gasteiger partial charge is 0.291 e. The molecule has 2 N–H and O–H groups in total. The van der Waals surface area contributed by atoms with Crippen LogP contribution in [0.5, 0.6) is 0 Å². The van der Waals surface area contributed by atoms with Crippen LogP contribution in [-0.4, -0.2) is 17.6 Å². The Labute approximate surface area is 173 Å². The zero-order valence-corrected chi connectivity index (χ0v) is 16.2. The van der Waals surface area contributed by atoms with Crippen LogP contribution in [0.2, 0.25) is 0 Å². The van der Waals surface area contributed by atoms with Crippen molar-refractivity contribution in [2.45, 2.75) is 13.3 Å². The van der Waals surface area contributed by atoms with E-state index in [2.05, 4.69) is 10.6 Å². The van der Waals surface area contributed by atoms with Gasteiger partial charge in [-0.05, 0) is 60.5 Å². The summed E-state index contributed by atoms with van der Waals surface area (Å²) in [7, 11) is 0. The molecule has 0 saturated heterocycles. The van der Waals surface area contributed by atoms with Gasteiger partial charge in [0.25, 0.3) is 5.91 Å². The van der Waals surface area contributed by atoms with Gasteiger partial charge in [-0.2, -0.15) is 5.26 Å². The lowest BCUT2D eigenvalue weighted by Crippen LogP contribution is -2.28. The number of nitrogens with zero attached hydrogens (tertiary/aromatic N) is 1. The summed E-state index contributed by atoms with van der Waals surface area (Å²) in [5.74, 6) is -3.07. The summed E-state index contributed by atoms with van der Waals surface area (Å²) in [6.07, 6.45) is 2.26. The highest BCUT2D eigenvalue weighted by Gasteiger charge is 2.27. The third-order valence-electron chi connectivity index (χ3n) is 4.46. The summed E-state index contributed by atoms with van der Waals surface area (Å²) in [5, 5.41) is 14.6. The highest BCUT2D eigenvalue weighted by Crippen LogP contribution is 2.17. The Balaban J connectivity index is 1.66. The van der Waals surface area contributed by atoms with Crippen LogP contribution in [0.25, 0.3) is 0 Å². The normalized spacial score (nSPS) is 11.2. The van der Waals surface area contributed by atoms with Crippen LogP contribution in [0, 0.1) is 17.2 Å². The van der Waals surface area contributed by atoms with Gasteiger partial charge in [0, 0.05) is 16.9 Å². The van der Waals surface area contributed by atoms with E-state index in [-0.39, 0.29) is 11.3 Å². The minimum absolute atomic E-state index is 0.156. The van der Waals surface area contributed by atoms with E-state index in [0.29, 0.717) is 11.4 Å². The van der Waals surface area contributed by atoms with E-state index in [0.717, 1.165) is 12.0 Å². The number of nitriles is 1. The van der Waals surface area contributed by atoms with E-state index in [1.165, 1.54) is 36.6 Å². The van der Waals surface area contributed by atoms with Crippen molar-refractivity contribution in [3.05, 3.63) is 83.8 Å². The number of amides is 2. The predicted molar refractivity (Wildman–Crippen MR) is 111 cm³/mol. The van der Waals surface area contributed by atoms with Crippen LogP contribution in [-0.2, 0) is 11.2 Å². The van der Waals surface area contributed by atoms with Gasteiger partial charge in [-0.25, -0.2) is 0 Å². The Morgan fingerprint density at radius 3 is 2.17 bits per heavy atom. The van der Waals surface area contributed by atoms with Gasteiger partial charge in [0.15, 0.2) is 17.5 Å². The van der Waals surface area contributed by atoms with Gasteiger partial charge in [-0.3, -0.25) is 14.4 Å². The second-order valence-corrected chi connectivity index (χ2v) is 6.47. The lowest BCUT2D eigenvalue weighted by atomic mass is 9.97. The van der Waals surface area contributed by atoms with Gasteiger partial charge in [0.05, 0.1) is 12.3 Å². The second-order valence-electron chi connectivity index (χ2n) is 6.47. The van der Waals surface area contributed by atoms with Crippen molar-refractivity contribution >= 4 is 29.0 Å². The molecule has 7 nitrogen and oxygen atoms in total. The molecule has 7 heteroatoms. The number of furan rings is 1. The molecular formula is C23H19N3O4. The number of aryl methyl sites for hydroxylation is 1. The van der Waals surface area contributed by atoms with Gasteiger partial charge >= 0.3 is 0 Å². The minimum atomic E-state index is -1.49. The maximum Gasteiger partial charge on any atom is 0.291 e. The Kier molecular flexibility index (Phi) is 6.40. The first kappa shape index (κ1) is 20.6. The molecule has 1 atom stereocenters. The molecule has 0 aliphatic rings. The van der Waals surface area contributed by atoms with E-state index >= 15 is 0 Å². The maximum absolute atomic E-state index is 12.6. The fourth-order valence-electron chi connectivity index (χ4n) is 2.76. The van der Waals surface area contributed by atoms with Gasteiger partial charge in [-0.15, -0.1) is 0 Å². The number of hydrogen-bond donors (Lipinski definition) is 2. The lowest BCUT2D eigenvalue weighted by Gasteiger charge is -2.11. The number of nitrogens with one attached hydrogen (secondary N) is 2. The molecule has 1 aromatic heterocycles. The number of carbonyl (C=O) groups is 3. The second kappa shape index (κ2) is 9.34. The molecule has 2 aromatic carbocycles. The molecule has 0 saturated carbocycles. The summed E-state index contributed by atoms with van der Waals surface area (Å²) in [5.41, 5.74) is 2.26. The van der Waals surface area contributed by atoms with E-state index in [4.69, 9.17) is 4.42 Å². The van der Waals surface area contributed by atoms with Crippen molar-refractivity contribution in [1.82, 2.24) is 0 Å². The first-order chi connectivity index (χ1) is 14.5. The Hall–Kier alpha value is -4.18. The van der Waals surface area contributed by atoms with Gasteiger partial charge in [-0.1, -0.05) is 19.1 Å². The molecule has 0 radical (unpaired) electrons. The molecule has 1 unspecified atom stereocenters. The minimum Gasteiger partial charge on any atom is -0.459 e. The van der Waals surface area contributed by atoms with Crippen molar-refractivity contribution in [2.24, 2.45) is 5.92 Å². The zero-order valence-electron chi connectivity index (χ0n) is 16.2. The zero-order chi connectivity index (χ0) is 21.5. The molecule has 1 heterocycles. The monoisotopic (exact) mass is 401 g/mol. The molecule has 30 heavy (non-hydrogen) atoms. The van der Waals surface area contributed by atoms with Crippen LogP contribution in [0.4, 0.5) is 11.4 Å². The first-order valence-electron chi connectivity index (χ1n) is 9.30. The number of hydrogen-bond acceptors (Lipinski definition) is 5. The van der Waals surface area contributed by atoms with E-state index < -0.39 is 23.5 Å². The van der Waals surface area contributed by atoms with Crippen LogP contribution in [0.3, 0.4) is 0 Å². The number of anilines is 2. The molecule has 0 aliphatic carbocycles. The van der Waals surface area contributed by atoms with Crippen molar-refractivity contribution in [1.29, 1.82) is 5.26 Å². The topological polar surface area (TPSA) is 112 Å². The Bertz CT molecular complexity index is 1080. The third-order valence-corrected chi connectivity index (χ3v) is 4.46. The summed E-state index contributed by atoms with van der Waals surface area (Å²) in [4.78, 5) is 37.1. The fraction of sp³-hybridized carbons (Fsp3) is 0.130. The highest BCUT2D eigenvalue weighted by atomic mass is 16.3. The largest absolute Gasteiger partial charge is 0.459 e.